The third-order valence-corrected chi connectivity index (χ3v) is 4.06. The first-order valence-electron chi connectivity index (χ1n) is 7.09. The van der Waals surface area contributed by atoms with Gasteiger partial charge in [-0.25, -0.2) is 9.97 Å². The van der Waals surface area contributed by atoms with E-state index in [1.54, 1.807) is 0 Å². The van der Waals surface area contributed by atoms with Gasteiger partial charge in [-0.3, -0.25) is 0 Å². The molecule has 0 saturated carbocycles. The summed E-state index contributed by atoms with van der Waals surface area (Å²) in [7, 11) is 0. The van der Waals surface area contributed by atoms with E-state index in [2.05, 4.69) is 29.1 Å². The molecule has 0 amide bonds. The summed E-state index contributed by atoms with van der Waals surface area (Å²) in [5.41, 5.74) is 3.03. The predicted octanol–water partition coefficient (Wildman–Crippen LogP) is 4.68. The zero-order valence-corrected chi connectivity index (χ0v) is 14.0. The van der Waals surface area contributed by atoms with Gasteiger partial charge in [0, 0.05) is 34.3 Å². The van der Waals surface area contributed by atoms with Crippen molar-refractivity contribution >= 4 is 29.0 Å². The molecule has 0 fully saturated rings. The Morgan fingerprint density at radius 1 is 1.05 bits per heavy atom. The molecule has 0 aliphatic heterocycles. The van der Waals surface area contributed by atoms with Crippen LogP contribution in [-0.2, 0) is 12.8 Å². The predicted molar refractivity (Wildman–Crippen MR) is 89.6 cm³/mol. The number of hydrogen-bond acceptors (Lipinski definition) is 3. The molecule has 2 rings (SSSR count). The van der Waals surface area contributed by atoms with E-state index in [-0.39, 0.29) is 0 Å². The molecule has 0 bridgehead atoms. The van der Waals surface area contributed by atoms with Crippen LogP contribution in [0.1, 0.15) is 36.5 Å². The summed E-state index contributed by atoms with van der Waals surface area (Å²) < 4.78 is 0. The largest absolute Gasteiger partial charge is 0.370 e. The van der Waals surface area contributed by atoms with Gasteiger partial charge in [0.05, 0.1) is 0 Å². The average Bonchev–Trinajstić information content (AvgIpc) is 2.43. The molecule has 1 aromatic carbocycles. The minimum absolute atomic E-state index is 0.529. The smallest absolute Gasteiger partial charge is 0.135 e. The lowest BCUT2D eigenvalue weighted by Gasteiger charge is -2.13. The van der Waals surface area contributed by atoms with Crippen molar-refractivity contribution in [2.24, 2.45) is 0 Å². The van der Waals surface area contributed by atoms with E-state index < -0.39 is 0 Å². The summed E-state index contributed by atoms with van der Waals surface area (Å²) in [6, 6.07) is 5.51. The molecule has 0 atom stereocenters. The number of nitrogens with one attached hydrogen (secondary N) is 1. The van der Waals surface area contributed by atoms with Crippen molar-refractivity contribution in [3.63, 3.8) is 0 Å². The van der Waals surface area contributed by atoms with Crippen molar-refractivity contribution in [2.75, 3.05) is 11.9 Å². The highest BCUT2D eigenvalue weighted by Crippen LogP contribution is 2.27. The first kappa shape index (κ1) is 16.1. The van der Waals surface area contributed by atoms with E-state index in [1.807, 2.05) is 25.1 Å². The molecule has 1 aromatic heterocycles. The van der Waals surface area contributed by atoms with Gasteiger partial charge in [-0.2, -0.15) is 0 Å². The lowest BCUT2D eigenvalue weighted by atomic mass is 10.1. The highest BCUT2D eigenvalue weighted by Gasteiger charge is 2.13. The maximum Gasteiger partial charge on any atom is 0.135 e. The fourth-order valence-corrected chi connectivity index (χ4v) is 2.86. The molecular formula is C16H19Cl2N3. The Morgan fingerprint density at radius 2 is 1.71 bits per heavy atom. The average molecular weight is 324 g/mol. The number of rotatable bonds is 5. The number of benzene rings is 1. The highest BCUT2D eigenvalue weighted by atomic mass is 35.5. The van der Waals surface area contributed by atoms with Crippen LogP contribution in [-0.4, -0.2) is 16.5 Å². The summed E-state index contributed by atoms with van der Waals surface area (Å²) in [4.78, 5) is 9.23. The number of hydrogen-bond donors (Lipinski definition) is 1. The molecule has 21 heavy (non-hydrogen) atoms. The Morgan fingerprint density at radius 3 is 2.29 bits per heavy atom. The van der Waals surface area contributed by atoms with Gasteiger partial charge in [0.2, 0.25) is 0 Å². The molecule has 0 aliphatic rings. The number of aromatic nitrogens is 2. The van der Waals surface area contributed by atoms with Gasteiger partial charge in [-0.05, 0) is 38.0 Å². The maximum atomic E-state index is 6.22. The van der Waals surface area contributed by atoms with Crippen molar-refractivity contribution in [3.8, 4) is 0 Å². The molecule has 0 unspecified atom stereocenters. The second-order valence-electron chi connectivity index (χ2n) is 4.81. The van der Waals surface area contributed by atoms with E-state index in [4.69, 9.17) is 23.2 Å². The van der Waals surface area contributed by atoms with Gasteiger partial charge in [0.25, 0.3) is 0 Å². The number of aryl methyl sites for hydroxylation is 1. The summed E-state index contributed by atoms with van der Waals surface area (Å²) in [5, 5.41) is 4.60. The lowest BCUT2D eigenvalue weighted by Crippen LogP contribution is -2.10. The summed E-state index contributed by atoms with van der Waals surface area (Å²) in [6.45, 7) is 7.01. The summed E-state index contributed by atoms with van der Waals surface area (Å²) in [5.74, 6) is 1.64. The monoisotopic (exact) mass is 323 g/mol. The van der Waals surface area contributed by atoms with Crippen molar-refractivity contribution in [2.45, 2.75) is 33.6 Å². The molecule has 0 saturated heterocycles. The van der Waals surface area contributed by atoms with Crippen LogP contribution < -0.4 is 5.32 Å². The van der Waals surface area contributed by atoms with Gasteiger partial charge in [0.15, 0.2) is 0 Å². The Kier molecular flexibility index (Phi) is 5.43. The quantitative estimate of drug-likeness (QED) is 0.868. The molecule has 2 aromatic rings. The second-order valence-corrected chi connectivity index (χ2v) is 5.63. The summed E-state index contributed by atoms with van der Waals surface area (Å²) >= 11 is 12.4. The Bertz CT molecular complexity index is 621. The first-order valence-corrected chi connectivity index (χ1v) is 7.85. The lowest BCUT2D eigenvalue weighted by molar-refractivity contribution is 0.902. The zero-order valence-electron chi connectivity index (χ0n) is 12.5. The van der Waals surface area contributed by atoms with E-state index >= 15 is 0 Å². The van der Waals surface area contributed by atoms with Crippen LogP contribution in [0.4, 0.5) is 5.82 Å². The van der Waals surface area contributed by atoms with Crippen LogP contribution in [0.5, 0.6) is 0 Å². The van der Waals surface area contributed by atoms with Crippen LogP contribution >= 0.6 is 23.2 Å². The van der Waals surface area contributed by atoms with Crippen molar-refractivity contribution in [3.05, 3.63) is 50.9 Å². The van der Waals surface area contributed by atoms with Crippen molar-refractivity contribution in [1.82, 2.24) is 9.97 Å². The second kappa shape index (κ2) is 7.10. The molecule has 3 nitrogen and oxygen atoms in total. The minimum Gasteiger partial charge on any atom is -0.370 e. The van der Waals surface area contributed by atoms with E-state index in [9.17, 15) is 0 Å². The molecule has 112 valence electrons. The van der Waals surface area contributed by atoms with Gasteiger partial charge >= 0.3 is 0 Å². The van der Waals surface area contributed by atoms with Gasteiger partial charge in [-0.15, -0.1) is 0 Å². The van der Waals surface area contributed by atoms with Crippen LogP contribution in [0.15, 0.2) is 18.2 Å². The highest BCUT2D eigenvalue weighted by molar-refractivity contribution is 6.36. The third-order valence-electron chi connectivity index (χ3n) is 3.35. The van der Waals surface area contributed by atoms with Crippen LogP contribution in [0.3, 0.4) is 0 Å². The van der Waals surface area contributed by atoms with Gasteiger partial charge in [-0.1, -0.05) is 36.2 Å². The normalized spacial score (nSPS) is 10.7. The minimum atomic E-state index is 0.529. The SMILES string of the molecule is CCNc1nc(Cc2c(Cl)cccc2Cl)nc(C)c1CC. The van der Waals surface area contributed by atoms with Crippen molar-refractivity contribution < 1.29 is 0 Å². The van der Waals surface area contributed by atoms with Gasteiger partial charge in [0.1, 0.15) is 11.6 Å². The van der Waals surface area contributed by atoms with E-state index in [0.29, 0.717) is 16.5 Å². The Labute approximate surface area is 135 Å². The Balaban J connectivity index is 2.41. The van der Waals surface area contributed by atoms with E-state index in [0.717, 1.165) is 41.4 Å². The van der Waals surface area contributed by atoms with Crippen LogP contribution in [0, 0.1) is 6.92 Å². The summed E-state index contributed by atoms with van der Waals surface area (Å²) in [6.07, 6.45) is 1.43. The number of nitrogens with zero attached hydrogens (tertiary/aromatic N) is 2. The maximum absolute atomic E-state index is 6.22. The molecule has 1 heterocycles. The van der Waals surface area contributed by atoms with Crippen LogP contribution in [0.2, 0.25) is 10.0 Å². The van der Waals surface area contributed by atoms with Crippen LogP contribution in [0.25, 0.3) is 0 Å². The van der Waals surface area contributed by atoms with E-state index in [1.165, 1.54) is 0 Å². The number of anilines is 1. The topological polar surface area (TPSA) is 37.8 Å². The Hall–Kier alpha value is -1.32. The molecule has 5 heteroatoms. The standard InChI is InChI=1S/C16H19Cl2N3/c1-4-11-10(3)20-15(21-16(11)19-5-2)9-12-13(17)7-6-8-14(12)18/h6-8H,4-5,9H2,1-3H3,(H,19,20,21). The fourth-order valence-electron chi connectivity index (χ4n) is 2.33. The molecule has 1 N–H and O–H groups in total. The molecular weight excluding hydrogens is 305 g/mol. The van der Waals surface area contributed by atoms with Gasteiger partial charge < -0.3 is 5.32 Å². The fraction of sp³-hybridized carbons (Fsp3) is 0.375. The first-order chi connectivity index (χ1) is 10.1. The number of halogens is 2. The molecule has 0 radical (unpaired) electrons. The zero-order chi connectivity index (χ0) is 15.4. The van der Waals surface area contributed by atoms with Crippen molar-refractivity contribution in [1.29, 1.82) is 0 Å². The molecule has 0 aliphatic carbocycles. The third kappa shape index (κ3) is 3.66. The molecule has 0 spiro atoms.